The Morgan fingerprint density at radius 2 is 1.77 bits per heavy atom. The molecule has 2 aromatic carbocycles. The molecule has 0 atom stereocenters. The number of carbonyl (C=O) groups excluding carboxylic acids is 1. The Bertz CT molecular complexity index is 625. The van der Waals surface area contributed by atoms with Crippen LogP contribution in [0.5, 0.6) is 5.75 Å². The molecule has 2 rings (SSSR count). The molecule has 4 nitrogen and oxygen atoms in total. The average molecular weight is 301 g/mol. The van der Waals surface area contributed by atoms with Crippen molar-refractivity contribution in [1.29, 1.82) is 0 Å². The Kier molecular flexibility index (Phi) is 6.22. The van der Waals surface area contributed by atoms with Gasteiger partial charge in [-0.1, -0.05) is 44.7 Å². The van der Waals surface area contributed by atoms with Crippen molar-refractivity contribution in [3.05, 3.63) is 42.0 Å². The van der Waals surface area contributed by atoms with E-state index >= 15 is 0 Å². The lowest BCUT2D eigenvalue weighted by Crippen LogP contribution is -2.18. The van der Waals surface area contributed by atoms with Gasteiger partial charge in [-0.15, -0.1) is 0 Å². The van der Waals surface area contributed by atoms with Gasteiger partial charge in [0.05, 0.1) is 6.61 Å². The van der Waals surface area contributed by atoms with E-state index in [-0.39, 0.29) is 0 Å². The molecule has 0 aromatic heterocycles. The molecule has 118 valence electrons. The second-order valence-corrected chi connectivity index (χ2v) is 5.43. The first-order valence-electron chi connectivity index (χ1n) is 7.85. The van der Waals surface area contributed by atoms with Crippen molar-refractivity contribution in [2.75, 3.05) is 6.61 Å². The second-order valence-electron chi connectivity index (χ2n) is 5.43. The molecule has 0 saturated heterocycles. The molecule has 0 bridgehead atoms. The molecule has 4 heteroatoms. The van der Waals surface area contributed by atoms with Gasteiger partial charge in [0.15, 0.2) is 0 Å². The molecule has 0 saturated carbocycles. The van der Waals surface area contributed by atoms with Gasteiger partial charge in [0, 0.05) is 5.56 Å². The summed E-state index contributed by atoms with van der Waals surface area (Å²) in [5.74, 6) is 0.344. The normalized spacial score (nSPS) is 10.6. The maximum absolute atomic E-state index is 11.4. The number of carbonyl (C=O) groups is 1. The first-order valence-corrected chi connectivity index (χ1v) is 7.85. The third-order valence-electron chi connectivity index (χ3n) is 3.69. The maximum Gasteiger partial charge on any atom is 0.274 e. The van der Waals surface area contributed by atoms with Gasteiger partial charge in [0.2, 0.25) is 0 Å². The number of hydroxylamine groups is 1. The highest BCUT2D eigenvalue weighted by Gasteiger charge is 2.05. The van der Waals surface area contributed by atoms with Crippen LogP contribution in [0.3, 0.4) is 0 Å². The minimum Gasteiger partial charge on any atom is -0.494 e. The summed E-state index contributed by atoms with van der Waals surface area (Å²) in [5, 5.41) is 10.6. The molecule has 0 aliphatic rings. The van der Waals surface area contributed by atoms with E-state index < -0.39 is 5.91 Å². The first kappa shape index (κ1) is 16.3. The third kappa shape index (κ3) is 4.46. The number of unbranched alkanes of at least 4 members (excludes halogenated alkanes) is 4. The fourth-order valence-corrected chi connectivity index (χ4v) is 2.42. The summed E-state index contributed by atoms with van der Waals surface area (Å²) in [6, 6.07) is 11.1. The largest absolute Gasteiger partial charge is 0.494 e. The highest BCUT2D eigenvalue weighted by molar-refractivity contribution is 5.98. The summed E-state index contributed by atoms with van der Waals surface area (Å²) in [6.07, 6.45) is 6.10. The predicted octanol–water partition coefficient (Wildman–Crippen LogP) is 4.31. The van der Waals surface area contributed by atoms with Gasteiger partial charge in [-0.2, -0.15) is 0 Å². The quantitative estimate of drug-likeness (QED) is 0.434. The first-order chi connectivity index (χ1) is 10.7. The van der Waals surface area contributed by atoms with Crippen molar-refractivity contribution >= 4 is 16.7 Å². The van der Waals surface area contributed by atoms with Crippen LogP contribution in [-0.2, 0) is 0 Å². The molecule has 0 spiro atoms. The topological polar surface area (TPSA) is 58.6 Å². The van der Waals surface area contributed by atoms with E-state index in [9.17, 15) is 4.79 Å². The fraction of sp³-hybridized carbons (Fsp3) is 0.389. The number of hydrogen-bond donors (Lipinski definition) is 2. The molecule has 0 aliphatic heterocycles. The SMILES string of the molecule is CCCCCCCOc1ccc2cc(C(=O)NO)ccc2c1. The Balaban J connectivity index is 1.94. The van der Waals surface area contributed by atoms with Crippen molar-refractivity contribution in [2.45, 2.75) is 39.0 Å². The van der Waals surface area contributed by atoms with E-state index in [1.54, 1.807) is 17.6 Å². The molecular formula is C18H23NO3. The van der Waals surface area contributed by atoms with Crippen LogP contribution in [0.25, 0.3) is 10.8 Å². The van der Waals surface area contributed by atoms with Gasteiger partial charge < -0.3 is 4.74 Å². The van der Waals surface area contributed by atoms with Crippen molar-refractivity contribution in [3.63, 3.8) is 0 Å². The summed E-state index contributed by atoms with van der Waals surface area (Å²) in [7, 11) is 0. The number of amides is 1. The van der Waals surface area contributed by atoms with E-state index in [2.05, 4.69) is 6.92 Å². The van der Waals surface area contributed by atoms with Crippen molar-refractivity contribution in [2.24, 2.45) is 0 Å². The van der Waals surface area contributed by atoms with Gasteiger partial charge in [-0.3, -0.25) is 10.0 Å². The second kappa shape index (κ2) is 8.39. The lowest BCUT2D eigenvalue weighted by molar-refractivity contribution is 0.0706. The highest BCUT2D eigenvalue weighted by atomic mass is 16.5. The van der Waals surface area contributed by atoms with Crippen molar-refractivity contribution in [3.8, 4) is 5.75 Å². The number of nitrogens with one attached hydrogen (secondary N) is 1. The number of fused-ring (bicyclic) bond motifs is 1. The minimum atomic E-state index is -0.505. The van der Waals surface area contributed by atoms with Gasteiger partial charge >= 0.3 is 0 Å². The van der Waals surface area contributed by atoms with E-state index in [4.69, 9.17) is 9.94 Å². The lowest BCUT2D eigenvalue weighted by Gasteiger charge is -2.08. The van der Waals surface area contributed by atoms with Crippen LogP contribution < -0.4 is 10.2 Å². The molecule has 22 heavy (non-hydrogen) atoms. The Morgan fingerprint density at radius 3 is 2.55 bits per heavy atom. The standard InChI is InChI=1S/C18H23NO3/c1-2-3-4-5-6-11-22-17-10-9-14-12-16(18(20)19-21)8-7-15(14)13-17/h7-10,12-13,21H,2-6,11H2,1H3,(H,19,20). The molecule has 1 amide bonds. The van der Waals surface area contributed by atoms with Crippen LogP contribution >= 0.6 is 0 Å². The molecular weight excluding hydrogens is 278 g/mol. The van der Waals surface area contributed by atoms with E-state index in [0.29, 0.717) is 5.56 Å². The van der Waals surface area contributed by atoms with E-state index in [0.717, 1.165) is 29.5 Å². The van der Waals surface area contributed by atoms with Gasteiger partial charge in [-0.25, -0.2) is 5.48 Å². The molecule has 0 aliphatic carbocycles. The Labute approximate surface area is 131 Å². The zero-order valence-electron chi connectivity index (χ0n) is 13.0. The van der Waals surface area contributed by atoms with Crippen LogP contribution in [0, 0.1) is 0 Å². The maximum atomic E-state index is 11.4. The van der Waals surface area contributed by atoms with Crippen molar-refractivity contribution in [1.82, 2.24) is 5.48 Å². The summed E-state index contributed by atoms with van der Waals surface area (Å²) in [4.78, 5) is 11.4. The Morgan fingerprint density at radius 1 is 1.05 bits per heavy atom. The molecule has 2 aromatic rings. The van der Waals surface area contributed by atoms with E-state index in [1.807, 2.05) is 24.3 Å². The fourth-order valence-electron chi connectivity index (χ4n) is 2.42. The van der Waals surface area contributed by atoms with Crippen LogP contribution in [-0.4, -0.2) is 17.7 Å². The average Bonchev–Trinajstić information content (AvgIpc) is 2.56. The monoisotopic (exact) mass is 301 g/mol. The Hall–Kier alpha value is -2.07. The van der Waals surface area contributed by atoms with Gasteiger partial charge in [0.1, 0.15) is 5.75 Å². The number of hydrogen-bond acceptors (Lipinski definition) is 3. The predicted molar refractivity (Wildman–Crippen MR) is 87.5 cm³/mol. The molecule has 0 unspecified atom stereocenters. The molecule has 0 radical (unpaired) electrons. The molecule has 0 heterocycles. The van der Waals surface area contributed by atoms with Crippen LogP contribution in [0.2, 0.25) is 0 Å². The lowest BCUT2D eigenvalue weighted by atomic mass is 10.1. The van der Waals surface area contributed by atoms with Gasteiger partial charge in [0.25, 0.3) is 5.91 Å². The number of ether oxygens (including phenoxy) is 1. The summed E-state index contributed by atoms with van der Waals surface area (Å²) < 4.78 is 5.77. The van der Waals surface area contributed by atoms with Crippen LogP contribution in [0.15, 0.2) is 36.4 Å². The minimum absolute atomic E-state index is 0.430. The van der Waals surface area contributed by atoms with Crippen LogP contribution in [0.4, 0.5) is 0 Å². The summed E-state index contributed by atoms with van der Waals surface area (Å²) in [6.45, 7) is 2.95. The summed E-state index contributed by atoms with van der Waals surface area (Å²) >= 11 is 0. The molecule has 0 fully saturated rings. The number of benzene rings is 2. The summed E-state index contributed by atoms with van der Waals surface area (Å²) in [5.41, 5.74) is 2.07. The van der Waals surface area contributed by atoms with Gasteiger partial charge in [-0.05, 0) is 41.5 Å². The highest BCUT2D eigenvalue weighted by Crippen LogP contribution is 2.22. The number of rotatable bonds is 8. The third-order valence-corrected chi connectivity index (χ3v) is 3.69. The van der Waals surface area contributed by atoms with Crippen molar-refractivity contribution < 1.29 is 14.7 Å². The van der Waals surface area contributed by atoms with Crippen LogP contribution in [0.1, 0.15) is 49.4 Å². The zero-order valence-corrected chi connectivity index (χ0v) is 13.0. The zero-order chi connectivity index (χ0) is 15.8. The molecule has 2 N–H and O–H groups in total. The smallest absolute Gasteiger partial charge is 0.274 e. The van der Waals surface area contributed by atoms with E-state index in [1.165, 1.54) is 25.7 Å².